The molecule has 4 heteroatoms. The molecule has 1 aromatic heterocycles. The maximum absolute atomic E-state index is 11.5. The number of carbonyl (C=O) groups is 1. The molecule has 4 nitrogen and oxygen atoms in total. The lowest BCUT2D eigenvalue weighted by molar-refractivity contribution is -0.935. The molecule has 1 rings (SSSR count). The lowest BCUT2D eigenvalue weighted by Crippen LogP contribution is -2.45. The van der Waals surface area contributed by atoms with Crippen molar-refractivity contribution in [2.75, 3.05) is 26.7 Å². The van der Waals surface area contributed by atoms with Crippen molar-refractivity contribution in [1.29, 1.82) is 0 Å². The first-order valence-electron chi connectivity index (χ1n) is 6.59. The normalized spacial score (nSPS) is 13.4. The van der Waals surface area contributed by atoms with Crippen LogP contribution in [0.25, 0.3) is 0 Å². The van der Waals surface area contributed by atoms with Crippen molar-refractivity contribution in [3.05, 3.63) is 23.7 Å². The van der Waals surface area contributed by atoms with E-state index in [1.54, 1.807) is 13.0 Å². The zero-order chi connectivity index (χ0) is 13.8. The Bertz CT molecular complexity index is 393. The summed E-state index contributed by atoms with van der Waals surface area (Å²) in [5.74, 6) is 0.736. The smallest absolute Gasteiger partial charge is 0.374 e. The minimum Gasteiger partial charge on any atom is -0.460 e. The Balaban J connectivity index is 2.88. The second-order valence-electron chi connectivity index (χ2n) is 4.71. The topological polar surface area (TPSA) is 39.4 Å². The number of furan rings is 1. The van der Waals surface area contributed by atoms with E-state index in [9.17, 15) is 4.79 Å². The van der Waals surface area contributed by atoms with Crippen LogP contribution in [-0.4, -0.2) is 37.2 Å². The third-order valence-electron chi connectivity index (χ3n) is 3.89. The molecule has 0 N–H and O–H groups in total. The fourth-order valence-corrected chi connectivity index (χ4v) is 1.97. The molecule has 0 saturated carbocycles. The molecule has 0 spiro atoms. The van der Waals surface area contributed by atoms with Gasteiger partial charge in [0.05, 0.1) is 26.7 Å². The number of esters is 1. The highest BCUT2D eigenvalue weighted by molar-refractivity contribution is 5.86. The number of ether oxygens (including phenoxy) is 1. The molecule has 0 aromatic carbocycles. The zero-order valence-electron chi connectivity index (χ0n) is 12.0. The van der Waals surface area contributed by atoms with Crippen molar-refractivity contribution in [2.45, 2.75) is 33.7 Å². The van der Waals surface area contributed by atoms with Crippen LogP contribution in [0.15, 0.2) is 16.5 Å². The summed E-state index contributed by atoms with van der Waals surface area (Å²) in [5, 5.41) is 0. The van der Waals surface area contributed by atoms with Gasteiger partial charge in [-0.1, -0.05) is 0 Å². The summed E-state index contributed by atoms with van der Waals surface area (Å²) < 4.78 is 11.4. The molecule has 0 radical (unpaired) electrons. The molecule has 0 aliphatic rings. The number of carbonyl (C=O) groups excluding carboxylic acids is 1. The summed E-state index contributed by atoms with van der Waals surface area (Å²) in [6.07, 6.45) is 0. The Morgan fingerprint density at radius 3 is 2.44 bits per heavy atom. The summed E-state index contributed by atoms with van der Waals surface area (Å²) in [7, 11) is 2.19. The summed E-state index contributed by atoms with van der Waals surface area (Å²) >= 11 is 0. The number of hydrogen-bond acceptors (Lipinski definition) is 3. The Kier molecular flexibility index (Phi) is 4.96. The van der Waals surface area contributed by atoms with Crippen LogP contribution in [0.3, 0.4) is 0 Å². The molecule has 0 bridgehead atoms. The van der Waals surface area contributed by atoms with Gasteiger partial charge in [-0.2, -0.15) is 0 Å². The van der Waals surface area contributed by atoms with Gasteiger partial charge < -0.3 is 13.6 Å². The Hall–Kier alpha value is -1.29. The molecular formula is C14H24NO3+. The molecule has 0 saturated heterocycles. The third-order valence-corrected chi connectivity index (χ3v) is 3.89. The van der Waals surface area contributed by atoms with E-state index in [1.165, 1.54) is 0 Å². The van der Waals surface area contributed by atoms with Gasteiger partial charge in [0.15, 0.2) is 5.76 Å². The van der Waals surface area contributed by atoms with Crippen molar-refractivity contribution in [3.63, 3.8) is 0 Å². The van der Waals surface area contributed by atoms with E-state index < -0.39 is 5.97 Å². The van der Waals surface area contributed by atoms with E-state index in [-0.39, 0.29) is 11.8 Å². The van der Waals surface area contributed by atoms with Gasteiger partial charge in [0.2, 0.25) is 5.76 Å². The first-order chi connectivity index (χ1) is 8.48. The third kappa shape index (κ3) is 2.93. The van der Waals surface area contributed by atoms with Crippen LogP contribution in [0.4, 0.5) is 0 Å². The predicted octanol–water partition coefficient (Wildman–Crippen LogP) is 3.00. The largest absolute Gasteiger partial charge is 0.460 e. The highest BCUT2D eigenvalue weighted by atomic mass is 16.5. The fourth-order valence-electron chi connectivity index (χ4n) is 1.97. The van der Waals surface area contributed by atoms with Gasteiger partial charge in [0.25, 0.3) is 0 Å². The molecule has 0 aliphatic carbocycles. The second kappa shape index (κ2) is 6.05. The van der Waals surface area contributed by atoms with Crippen molar-refractivity contribution < 1.29 is 18.4 Å². The van der Waals surface area contributed by atoms with Crippen LogP contribution in [0.2, 0.25) is 0 Å². The lowest BCUT2D eigenvalue weighted by Gasteiger charge is -2.37. The van der Waals surface area contributed by atoms with Crippen LogP contribution < -0.4 is 0 Å². The van der Waals surface area contributed by atoms with Crippen LogP contribution in [0, 0.1) is 0 Å². The van der Waals surface area contributed by atoms with Crippen molar-refractivity contribution >= 4 is 5.97 Å². The van der Waals surface area contributed by atoms with E-state index in [0.29, 0.717) is 6.61 Å². The Morgan fingerprint density at radius 2 is 1.94 bits per heavy atom. The molecule has 18 heavy (non-hydrogen) atoms. The number of rotatable bonds is 6. The van der Waals surface area contributed by atoms with Crippen molar-refractivity contribution in [2.24, 2.45) is 0 Å². The molecule has 0 fully saturated rings. The van der Waals surface area contributed by atoms with Crippen LogP contribution in [0.1, 0.15) is 50.1 Å². The van der Waals surface area contributed by atoms with E-state index in [4.69, 9.17) is 9.15 Å². The molecule has 1 atom stereocenters. The first-order valence-corrected chi connectivity index (χ1v) is 6.59. The van der Waals surface area contributed by atoms with Gasteiger partial charge in [0.1, 0.15) is 6.04 Å². The van der Waals surface area contributed by atoms with E-state index in [2.05, 4.69) is 27.8 Å². The van der Waals surface area contributed by atoms with Crippen molar-refractivity contribution in [3.8, 4) is 0 Å². The highest BCUT2D eigenvalue weighted by Gasteiger charge is 2.30. The van der Waals surface area contributed by atoms with Gasteiger partial charge in [0, 0.05) is 0 Å². The van der Waals surface area contributed by atoms with Gasteiger partial charge in [-0.15, -0.1) is 0 Å². The SMILES string of the molecule is CCOC(=O)c1ccc(C(C)[N+](C)(CC)CC)o1. The van der Waals surface area contributed by atoms with E-state index >= 15 is 0 Å². The van der Waals surface area contributed by atoms with Gasteiger partial charge in [-0.3, -0.25) is 0 Å². The fraction of sp³-hybridized carbons (Fsp3) is 0.643. The van der Waals surface area contributed by atoms with Crippen LogP contribution in [-0.2, 0) is 4.74 Å². The van der Waals surface area contributed by atoms with Crippen LogP contribution >= 0.6 is 0 Å². The lowest BCUT2D eigenvalue weighted by atomic mass is 10.2. The van der Waals surface area contributed by atoms with Gasteiger partial charge >= 0.3 is 5.97 Å². The summed E-state index contributed by atoms with van der Waals surface area (Å²) in [6, 6.07) is 3.79. The Morgan fingerprint density at radius 1 is 1.33 bits per heavy atom. The molecule has 1 aromatic rings. The average Bonchev–Trinajstić information content (AvgIpc) is 2.86. The zero-order valence-corrected chi connectivity index (χ0v) is 12.0. The minimum atomic E-state index is -0.391. The molecule has 0 aliphatic heterocycles. The van der Waals surface area contributed by atoms with Gasteiger partial charge in [-0.05, 0) is 39.8 Å². The minimum absolute atomic E-state index is 0.225. The summed E-state index contributed by atoms with van der Waals surface area (Å²) in [5.41, 5.74) is 0. The Labute approximate surface area is 109 Å². The van der Waals surface area contributed by atoms with Gasteiger partial charge in [-0.25, -0.2) is 4.79 Å². The molecule has 1 heterocycles. The predicted molar refractivity (Wildman–Crippen MR) is 70.3 cm³/mol. The molecule has 0 amide bonds. The summed E-state index contributed by atoms with van der Waals surface area (Å²) in [6.45, 7) is 10.6. The maximum atomic E-state index is 11.5. The molecule has 102 valence electrons. The van der Waals surface area contributed by atoms with E-state index in [0.717, 1.165) is 23.3 Å². The standard InChI is InChI=1S/C14H24NO3/c1-6-15(5,7-2)11(4)12-9-10-13(18-12)14(16)17-8-3/h9-11H,6-8H2,1-5H3/q+1. The second-order valence-corrected chi connectivity index (χ2v) is 4.71. The molecular weight excluding hydrogens is 230 g/mol. The first kappa shape index (κ1) is 14.8. The number of nitrogens with zero attached hydrogens (tertiary/aromatic N) is 1. The van der Waals surface area contributed by atoms with Crippen molar-refractivity contribution in [1.82, 2.24) is 0 Å². The quantitative estimate of drug-likeness (QED) is 0.578. The maximum Gasteiger partial charge on any atom is 0.374 e. The monoisotopic (exact) mass is 254 g/mol. The summed E-state index contributed by atoms with van der Waals surface area (Å²) in [4.78, 5) is 11.5. The number of hydrogen-bond donors (Lipinski definition) is 0. The highest BCUT2D eigenvalue weighted by Crippen LogP contribution is 2.27. The van der Waals surface area contributed by atoms with E-state index in [1.807, 2.05) is 6.07 Å². The average molecular weight is 254 g/mol. The van der Waals surface area contributed by atoms with Crippen LogP contribution in [0.5, 0.6) is 0 Å². The molecule has 1 unspecified atom stereocenters. The number of quaternary nitrogens is 1.